The molecule has 4 rings (SSSR count). The van der Waals surface area contributed by atoms with Crippen molar-refractivity contribution in [3.63, 3.8) is 0 Å². The van der Waals surface area contributed by atoms with E-state index in [4.69, 9.17) is 13.9 Å². The van der Waals surface area contributed by atoms with E-state index >= 15 is 0 Å². The normalized spacial score (nSPS) is 14.4. The van der Waals surface area contributed by atoms with Gasteiger partial charge in [-0.3, -0.25) is 4.79 Å². The number of ketones is 1. The number of rotatable bonds is 3. The number of fused-ring (bicyclic) bond motifs is 1. The van der Waals surface area contributed by atoms with Crippen LogP contribution in [0.1, 0.15) is 37.1 Å². The van der Waals surface area contributed by atoms with Gasteiger partial charge in [-0.15, -0.1) is 11.3 Å². The van der Waals surface area contributed by atoms with Crippen LogP contribution in [-0.4, -0.2) is 11.8 Å². The third-order valence-corrected chi connectivity index (χ3v) is 4.85. The molecule has 0 fully saturated rings. The average molecular weight is 366 g/mol. The Balaban J connectivity index is 1.63. The zero-order valence-electron chi connectivity index (χ0n) is 14.1. The Kier molecular flexibility index (Phi) is 3.97. The zero-order valence-corrected chi connectivity index (χ0v) is 14.9. The molecule has 5 nitrogen and oxygen atoms in total. The number of hydrogen-bond donors (Lipinski definition) is 0. The van der Waals surface area contributed by atoms with Crippen LogP contribution < -0.4 is 9.47 Å². The van der Waals surface area contributed by atoms with Crippen LogP contribution in [0.3, 0.4) is 0 Å². The molecule has 0 atom stereocenters. The van der Waals surface area contributed by atoms with Crippen LogP contribution in [0.25, 0.3) is 6.08 Å². The van der Waals surface area contributed by atoms with Gasteiger partial charge in [0.1, 0.15) is 27.9 Å². The first-order valence-corrected chi connectivity index (χ1v) is 8.81. The fraction of sp³-hybridized carbons (Fsp3) is 0.100. The Hall–Kier alpha value is -3.12. The number of esters is 1. The maximum absolute atomic E-state index is 12.5. The van der Waals surface area contributed by atoms with Gasteiger partial charge in [0.2, 0.25) is 5.78 Å². The summed E-state index contributed by atoms with van der Waals surface area (Å²) < 4.78 is 16.7. The number of carbonyl (C=O) groups excluding carboxylic acids is 2. The lowest BCUT2D eigenvalue weighted by Crippen LogP contribution is -2.07. The van der Waals surface area contributed by atoms with Crippen molar-refractivity contribution in [1.29, 1.82) is 0 Å². The molecule has 0 saturated carbocycles. The lowest BCUT2D eigenvalue weighted by atomic mass is 10.1. The van der Waals surface area contributed by atoms with Gasteiger partial charge < -0.3 is 13.9 Å². The van der Waals surface area contributed by atoms with Crippen molar-refractivity contribution < 1.29 is 23.5 Å². The summed E-state index contributed by atoms with van der Waals surface area (Å²) in [6.45, 7) is 3.58. The van der Waals surface area contributed by atoms with Crippen LogP contribution in [0.15, 0.2) is 52.0 Å². The van der Waals surface area contributed by atoms with E-state index in [0.29, 0.717) is 33.3 Å². The molecule has 0 spiro atoms. The van der Waals surface area contributed by atoms with Crippen LogP contribution in [0.5, 0.6) is 11.5 Å². The molecule has 2 aromatic heterocycles. The third kappa shape index (κ3) is 2.84. The first-order valence-electron chi connectivity index (χ1n) is 7.93. The fourth-order valence-corrected chi connectivity index (χ4v) is 3.28. The molecule has 26 heavy (non-hydrogen) atoms. The van der Waals surface area contributed by atoms with Crippen LogP contribution in [0.4, 0.5) is 0 Å². The molecular formula is C20H14O5S. The lowest BCUT2D eigenvalue weighted by Gasteiger charge is -2.09. The van der Waals surface area contributed by atoms with E-state index in [1.807, 2.05) is 13.0 Å². The number of furan rings is 1. The molecule has 130 valence electrons. The lowest BCUT2D eigenvalue weighted by molar-refractivity contribution is 0.0738. The molecule has 0 N–H and O–H groups in total. The molecular weight excluding hydrogens is 352 g/mol. The summed E-state index contributed by atoms with van der Waals surface area (Å²) >= 11 is 1.31. The van der Waals surface area contributed by atoms with E-state index in [1.54, 1.807) is 48.7 Å². The quantitative estimate of drug-likeness (QED) is 0.379. The Morgan fingerprint density at radius 2 is 2.00 bits per heavy atom. The number of thiophene rings is 1. The van der Waals surface area contributed by atoms with Crippen molar-refractivity contribution in [3.05, 3.63) is 75.1 Å². The first kappa shape index (κ1) is 16.4. The Labute approximate surface area is 153 Å². The minimum absolute atomic E-state index is 0.180. The van der Waals surface area contributed by atoms with Gasteiger partial charge in [-0.05, 0) is 49.6 Å². The molecule has 0 aliphatic carbocycles. The fourth-order valence-electron chi connectivity index (χ4n) is 2.68. The van der Waals surface area contributed by atoms with Crippen molar-refractivity contribution in [2.24, 2.45) is 0 Å². The topological polar surface area (TPSA) is 65.7 Å². The number of aryl methyl sites for hydroxylation is 1. The van der Waals surface area contributed by atoms with Gasteiger partial charge >= 0.3 is 5.97 Å². The van der Waals surface area contributed by atoms with Gasteiger partial charge in [0.25, 0.3) is 0 Å². The first-order chi connectivity index (χ1) is 12.5. The number of Topliss-reactive ketones (excluding diaryl/α,β-unsaturated/α-hetero) is 1. The molecule has 0 radical (unpaired) electrons. The van der Waals surface area contributed by atoms with Crippen molar-refractivity contribution in [3.8, 4) is 11.5 Å². The van der Waals surface area contributed by atoms with Gasteiger partial charge in [-0.2, -0.15) is 0 Å². The summed E-state index contributed by atoms with van der Waals surface area (Å²) in [4.78, 5) is 25.2. The summed E-state index contributed by atoms with van der Waals surface area (Å²) in [5, 5.41) is 1.81. The molecule has 0 unspecified atom stereocenters. The maximum Gasteiger partial charge on any atom is 0.353 e. The maximum atomic E-state index is 12.5. The molecule has 0 saturated heterocycles. The van der Waals surface area contributed by atoms with E-state index in [2.05, 4.69) is 0 Å². The number of hydrogen-bond acceptors (Lipinski definition) is 6. The predicted molar refractivity (Wildman–Crippen MR) is 96.8 cm³/mol. The molecule has 0 amide bonds. The second-order valence-electron chi connectivity index (χ2n) is 5.82. The molecule has 1 aliphatic heterocycles. The molecule has 3 aromatic rings. The van der Waals surface area contributed by atoms with Gasteiger partial charge in [-0.25, -0.2) is 4.79 Å². The van der Waals surface area contributed by atoms with E-state index in [9.17, 15) is 9.59 Å². The Bertz CT molecular complexity index is 1040. The van der Waals surface area contributed by atoms with E-state index in [1.165, 1.54) is 11.3 Å². The highest BCUT2D eigenvalue weighted by atomic mass is 32.1. The average Bonchev–Trinajstić information content (AvgIpc) is 3.34. The van der Waals surface area contributed by atoms with Crippen LogP contribution in [0, 0.1) is 13.8 Å². The molecule has 1 aliphatic rings. The van der Waals surface area contributed by atoms with Crippen molar-refractivity contribution in [2.45, 2.75) is 13.8 Å². The summed E-state index contributed by atoms with van der Waals surface area (Å²) in [5.74, 6) is 1.58. The van der Waals surface area contributed by atoms with E-state index < -0.39 is 5.97 Å². The number of ether oxygens (including phenoxy) is 2. The highest BCUT2D eigenvalue weighted by Crippen LogP contribution is 2.39. The smallest absolute Gasteiger partial charge is 0.353 e. The molecule has 0 bridgehead atoms. The number of allylic oxidation sites excluding steroid dienone is 1. The standard InChI is InChI=1S/C20H14O5S/c1-11-5-6-13(23-11)10-16-18(21)14-7-8-15(12(2)19(14)24-16)25-20(22)17-4-3-9-26-17/h3-10H,1-2H3/b16-10-. The SMILES string of the molecule is Cc1ccc(/C=C2\Oc3c(ccc(OC(=O)c4cccs4)c3C)C2=O)o1. The largest absolute Gasteiger partial charge is 0.462 e. The van der Waals surface area contributed by atoms with Crippen LogP contribution in [-0.2, 0) is 0 Å². The predicted octanol–water partition coefficient (Wildman–Crippen LogP) is 4.79. The zero-order chi connectivity index (χ0) is 18.3. The van der Waals surface area contributed by atoms with Crippen molar-refractivity contribution in [1.82, 2.24) is 0 Å². The van der Waals surface area contributed by atoms with Gasteiger partial charge in [0.15, 0.2) is 5.76 Å². The van der Waals surface area contributed by atoms with Crippen molar-refractivity contribution >= 4 is 29.2 Å². The van der Waals surface area contributed by atoms with E-state index in [-0.39, 0.29) is 11.5 Å². The van der Waals surface area contributed by atoms with Crippen LogP contribution in [0.2, 0.25) is 0 Å². The van der Waals surface area contributed by atoms with Crippen LogP contribution >= 0.6 is 11.3 Å². The summed E-state index contributed by atoms with van der Waals surface area (Å²) in [7, 11) is 0. The van der Waals surface area contributed by atoms with Gasteiger partial charge in [0.05, 0.1) is 5.56 Å². The third-order valence-electron chi connectivity index (χ3n) is 4.00. The minimum atomic E-state index is -0.436. The second kappa shape index (κ2) is 6.31. The van der Waals surface area contributed by atoms with Gasteiger partial charge in [-0.1, -0.05) is 6.07 Å². The second-order valence-corrected chi connectivity index (χ2v) is 6.77. The number of carbonyl (C=O) groups is 2. The molecule has 1 aromatic carbocycles. The Morgan fingerprint density at radius 3 is 2.69 bits per heavy atom. The van der Waals surface area contributed by atoms with E-state index in [0.717, 1.165) is 5.76 Å². The summed E-state index contributed by atoms with van der Waals surface area (Å²) in [5.41, 5.74) is 1.03. The monoisotopic (exact) mass is 366 g/mol. The molecule has 6 heteroatoms. The Morgan fingerprint density at radius 1 is 1.15 bits per heavy atom. The minimum Gasteiger partial charge on any atom is -0.462 e. The summed E-state index contributed by atoms with van der Waals surface area (Å²) in [6, 6.07) is 10.3. The van der Waals surface area contributed by atoms with Gasteiger partial charge in [0, 0.05) is 11.6 Å². The van der Waals surface area contributed by atoms with Crippen molar-refractivity contribution in [2.75, 3.05) is 0 Å². The highest BCUT2D eigenvalue weighted by Gasteiger charge is 2.31. The molecule has 3 heterocycles. The summed E-state index contributed by atoms with van der Waals surface area (Å²) in [6.07, 6.45) is 1.56. The number of benzene rings is 1. The highest BCUT2D eigenvalue weighted by molar-refractivity contribution is 7.12.